The highest BCUT2D eigenvalue weighted by Crippen LogP contribution is 2.60. The highest BCUT2D eigenvalue weighted by Gasteiger charge is 2.38. The third-order valence-electron chi connectivity index (χ3n) is 4.55. The average molecular weight is 410 g/mol. The first-order chi connectivity index (χ1) is 14.2. The number of aromatic nitrogens is 1. The Labute approximate surface area is 172 Å². The maximum absolute atomic E-state index is 13.8. The second-order valence-electron chi connectivity index (χ2n) is 6.48. The lowest BCUT2D eigenvalue weighted by atomic mass is 9.98. The molecule has 0 bridgehead atoms. The van der Waals surface area contributed by atoms with Gasteiger partial charge in [-0.1, -0.05) is 60.7 Å². The SMILES string of the molecule is CCOP(=O)(OCC)C(NC(c1ccccc1)c1ccccc1)c1ccncc1. The van der Waals surface area contributed by atoms with Crippen LogP contribution >= 0.6 is 7.60 Å². The number of pyridine rings is 1. The molecule has 1 aromatic heterocycles. The first-order valence-electron chi connectivity index (χ1n) is 9.82. The standard InChI is InChI=1S/C23H27N2O3P/c1-3-27-29(26,28-4-2)23(21-15-17-24-18-16-21)25-22(19-11-7-5-8-12-19)20-13-9-6-10-14-20/h5-18,22-23,25H,3-4H2,1-2H3. The first-order valence-corrected chi connectivity index (χ1v) is 11.4. The Morgan fingerprint density at radius 3 is 1.72 bits per heavy atom. The molecule has 0 saturated carbocycles. The van der Waals surface area contributed by atoms with Crippen LogP contribution in [0.1, 0.15) is 42.4 Å². The molecule has 3 rings (SSSR count). The predicted octanol–water partition coefficient (Wildman–Crippen LogP) is 5.73. The highest BCUT2D eigenvalue weighted by molar-refractivity contribution is 7.54. The van der Waals surface area contributed by atoms with Gasteiger partial charge in [0.05, 0.1) is 19.3 Å². The average Bonchev–Trinajstić information content (AvgIpc) is 2.76. The summed E-state index contributed by atoms with van der Waals surface area (Å²) in [4.78, 5) is 4.10. The number of hydrogen-bond donors (Lipinski definition) is 1. The van der Waals surface area contributed by atoms with Crippen LogP contribution in [0.25, 0.3) is 0 Å². The van der Waals surface area contributed by atoms with Crippen molar-refractivity contribution in [3.05, 3.63) is 102 Å². The van der Waals surface area contributed by atoms with Crippen molar-refractivity contribution in [2.75, 3.05) is 13.2 Å². The quantitative estimate of drug-likeness (QED) is 0.433. The van der Waals surface area contributed by atoms with Gasteiger partial charge in [0, 0.05) is 12.4 Å². The first kappa shape index (κ1) is 21.4. The Kier molecular flexibility index (Phi) is 7.73. The lowest BCUT2D eigenvalue weighted by Crippen LogP contribution is -2.29. The van der Waals surface area contributed by atoms with Crippen molar-refractivity contribution in [1.29, 1.82) is 0 Å². The molecule has 2 aromatic carbocycles. The van der Waals surface area contributed by atoms with Gasteiger partial charge < -0.3 is 9.05 Å². The number of benzene rings is 2. The Morgan fingerprint density at radius 2 is 1.28 bits per heavy atom. The van der Waals surface area contributed by atoms with Crippen LogP contribution in [0.5, 0.6) is 0 Å². The van der Waals surface area contributed by atoms with E-state index in [0.717, 1.165) is 16.7 Å². The predicted molar refractivity (Wildman–Crippen MR) is 116 cm³/mol. The van der Waals surface area contributed by atoms with E-state index in [1.807, 2.05) is 62.4 Å². The molecule has 1 N–H and O–H groups in total. The van der Waals surface area contributed by atoms with Gasteiger partial charge in [-0.15, -0.1) is 0 Å². The highest BCUT2D eigenvalue weighted by atomic mass is 31.2. The van der Waals surface area contributed by atoms with E-state index in [1.54, 1.807) is 12.4 Å². The molecule has 0 radical (unpaired) electrons. The second-order valence-corrected chi connectivity index (χ2v) is 8.59. The normalized spacial score (nSPS) is 12.8. The molecule has 0 aliphatic heterocycles. The number of nitrogens with zero attached hydrogens (tertiary/aromatic N) is 1. The molecule has 0 aliphatic carbocycles. The maximum Gasteiger partial charge on any atom is 0.351 e. The summed E-state index contributed by atoms with van der Waals surface area (Å²) in [5.41, 5.74) is 2.94. The van der Waals surface area contributed by atoms with Gasteiger partial charge in [0.1, 0.15) is 5.78 Å². The van der Waals surface area contributed by atoms with Crippen molar-refractivity contribution in [2.45, 2.75) is 25.7 Å². The summed E-state index contributed by atoms with van der Waals surface area (Å²) in [6, 6.07) is 23.7. The summed E-state index contributed by atoms with van der Waals surface area (Å²) in [6.07, 6.45) is 3.37. The minimum absolute atomic E-state index is 0.190. The van der Waals surface area contributed by atoms with Gasteiger partial charge in [-0.05, 0) is 42.7 Å². The van der Waals surface area contributed by atoms with Gasteiger partial charge in [-0.25, -0.2) is 0 Å². The van der Waals surface area contributed by atoms with E-state index in [-0.39, 0.29) is 6.04 Å². The summed E-state index contributed by atoms with van der Waals surface area (Å²) in [7, 11) is -3.49. The fourth-order valence-corrected chi connectivity index (χ4v) is 5.26. The van der Waals surface area contributed by atoms with E-state index in [9.17, 15) is 4.57 Å². The molecule has 0 fully saturated rings. The van der Waals surface area contributed by atoms with Crippen LogP contribution in [0.3, 0.4) is 0 Å². The second kappa shape index (κ2) is 10.5. The van der Waals surface area contributed by atoms with Gasteiger partial charge in [0.2, 0.25) is 0 Å². The Bertz CT molecular complexity index is 858. The topological polar surface area (TPSA) is 60.5 Å². The molecule has 0 amide bonds. The van der Waals surface area contributed by atoms with Crippen molar-refractivity contribution in [1.82, 2.24) is 10.3 Å². The van der Waals surface area contributed by atoms with Crippen molar-refractivity contribution < 1.29 is 13.6 Å². The third-order valence-corrected chi connectivity index (χ3v) is 6.86. The smallest absolute Gasteiger partial charge is 0.308 e. The number of rotatable bonds is 10. The van der Waals surface area contributed by atoms with Crippen LogP contribution in [0.15, 0.2) is 85.2 Å². The van der Waals surface area contributed by atoms with Crippen LogP contribution in [-0.2, 0) is 13.6 Å². The van der Waals surface area contributed by atoms with E-state index in [2.05, 4.69) is 34.6 Å². The molecule has 29 heavy (non-hydrogen) atoms. The zero-order chi connectivity index (χ0) is 20.5. The Hall–Kier alpha value is -2.30. The summed E-state index contributed by atoms with van der Waals surface area (Å²) < 4.78 is 25.2. The van der Waals surface area contributed by atoms with E-state index < -0.39 is 13.4 Å². The number of hydrogen-bond acceptors (Lipinski definition) is 5. The minimum atomic E-state index is -3.49. The van der Waals surface area contributed by atoms with Crippen molar-refractivity contribution >= 4 is 7.60 Å². The van der Waals surface area contributed by atoms with Crippen LogP contribution in [-0.4, -0.2) is 18.2 Å². The molecular formula is C23H27N2O3P. The fourth-order valence-electron chi connectivity index (χ4n) is 3.30. The van der Waals surface area contributed by atoms with Crippen LogP contribution in [0.2, 0.25) is 0 Å². The van der Waals surface area contributed by atoms with Crippen molar-refractivity contribution in [2.24, 2.45) is 0 Å². The molecule has 1 atom stereocenters. The van der Waals surface area contributed by atoms with Crippen LogP contribution in [0, 0.1) is 0 Å². The lowest BCUT2D eigenvalue weighted by Gasteiger charge is -2.31. The zero-order valence-corrected chi connectivity index (χ0v) is 17.7. The maximum atomic E-state index is 13.8. The zero-order valence-electron chi connectivity index (χ0n) is 16.8. The minimum Gasteiger partial charge on any atom is -0.308 e. The van der Waals surface area contributed by atoms with Crippen molar-refractivity contribution in [3.8, 4) is 0 Å². The Balaban J connectivity index is 2.07. The van der Waals surface area contributed by atoms with E-state index in [1.165, 1.54) is 0 Å². The molecule has 152 valence electrons. The molecule has 6 heteroatoms. The third kappa shape index (κ3) is 5.40. The van der Waals surface area contributed by atoms with Gasteiger partial charge in [-0.2, -0.15) is 0 Å². The van der Waals surface area contributed by atoms with E-state index in [4.69, 9.17) is 9.05 Å². The fraction of sp³-hybridized carbons (Fsp3) is 0.261. The van der Waals surface area contributed by atoms with Gasteiger partial charge >= 0.3 is 7.60 Å². The summed E-state index contributed by atoms with van der Waals surface area (Å²) in [5.74, 6) is -0.643. The van der Waals surface area contributed by atoms with Crippen LogP contribution in [0.4, 0.5) is 0 Å². The molecule has 0 spiro atoms. The molecular weight excluding hydrogens is 383 g/mol. The largest absolute Gasteiger partial charge is 0.351 e. The van der Waals surface area contributed by atoms with Crippen molar-refractivity contribution in [3.63, 3.8) is 0 Å². The van der Waals surface area contributed by atoms with E-state index >= 15 is 0 Å². The monoisotopic (exact) mass is 410 g/mol. The number of nitrogens with one attached hydrogen (secondary N) is 1. The van der Waals surface area contributed by atoms with Gasteiger partial charge in [-0.3, -0.25) is 14.9 Å². The lowest BCUT2D eigenvalue weighted by molar-refractivity contribution is 0.206. The molecule has 5 nitrogen and oxygen atoms in total. The summed E-state index contributed by atoms with van der Waals surface area (Å²) in [6.45, 7) is 4.23. The van der Waals surface area contributed by atoms with Gasteiger partial charge in [0.15, 0.2) is 0 Å². The molecule has 0 saturated heterocycles. The molecule has 0 aliphatic rings. The summed E-state index contributed by atoms with van der Waals surface area (Å²) >= 11 is 0. The Morgan fingerprint density at radius 1 is 0.793 bits per heavy atom. The molecule has 1 unspecified atom stereocenters. The summed E-state index contributed by atoms with van der Waals surface area (Å²) in [5, 5.41) is 3.57. The van der Waals surface area contributed by atoms with Gasteiger partial charge in [0.25, 0.3) is 0 Å². The van der Waals surface area contributed by atoms with E-state index in [0.29, 0.717) is 13.2 Å². The molecule has 3 aromatic rings. The molecule has 1 heterocycles. The van der Waals surface area contributed by atoms with Crippen LogP contribution < -0.4 is 5.32 Å².